The Hall–Kier alpha value is -1.07. The molecule has 0 aromatic rings. The van der Waals surface area contributed by atoms with E-state index in [4.69, 9.17) is 5.11 Å². The van der Waals surface area contributed by atoms with Gasteiger partial charge in [-0.3, -0.25) is 9.69 Å². The first-order chi connectivity index (χ1) is 18.8. The number of piperidine rings is 1. The summed E-state index contributed by atoms with van der Waals surface area (Å²) < 4.78 is 80.6. The van der Waals surface area contributed by atoms with Crippen molar-refractivity contribution in [2.45, 2.75) is 108 Å². The standard InChI is InChI=1S/C29H49F6N3O2/c1-36(13-6-7-17-39)25-11-15-38(16-12-25)26(22-8-4-3-5-9-22)27(40)37(2)14-10-21-18-23(28(30,31)32)20-24(19-21)29(33,34)35/h21-26,39H,3-20H2,1-2H3. The maximum Gasteiger partial charge on any atom is 0.391 e. The number of carbonyl (C=O) groups is 1. The number of alkyl halides is 6. The molecule has 5 nitrogen and oxygen atoms in total. The van der Waals surface area contributed by atoms with Crippen molar-refractivity contribution in [3.05, 3.63) is 0 Å². The number of carbonyl (C=O) groups excluding carboxylic acids is 1. The quantitative estimate of drug-likeness (QED) is 0.235. The molecule has 3 aliphatic rings. The van der Waals surface area contributed by atoms with Crippen LogP contribution < -0.4 is 0 Å². The Morgan fingerprint density at radius 1 is 0.850 bits per heavy atom. The maximum atomic E-state index is 13.8. The summed E-state index contributed by atoms with van der Waals surface area (Å²) in [5.74, 6) is -4.43. The molecule has 1 N–H and O–H groups in total. The number of hydrogen-bond acceptors (Lipinski definition) is 4. The van der Waals surface area contributed by atoms with Gasteiger partial charge in [0.25, 0.3) is 0 Å². The number of likely N-dealkylation sites (N-methyl/N-ethyl adjacent to an activating group) is 1. The molecular weight excluding hydrogens is 536 g/mol. The number of rotatable bonds is 11. The summed E-state index contributed by atoms with van der Waals surface area (Å²) in [7, 11) is 3.76. The molecule has 1 heterocycles. The Bertz CT molecular complexity index is 744. The third-order valence-electron chi connectivity index (χ3n) is 9.76. The highest BCUT2D eigenvalue weighted by Gasteiger charge is 2.51. The SMILES string of the molecule is CN(CCC1CC(C(F)(F)F)CC(C(F)(F)F)C1)C(=O)C(C1CCCCC1)N1CCC(N(C)CCCCO)CC1. The summed E-state index contributed by atoms with van der Waals surface area (Å²) in [6, 6.07) is 0.132. The van der Waals surface area contributed by atoms with E-state index < -0.39 is 36.5 Å². The van der Waals surface area contributed by atoms with Crippen molar-refractivity contribution in [3.8, 4) is 0 Å². The number of amides is 1. The second-order valence-electron chi connectivity index (χ2n) is 12.6. The minimum atomic E-state index is -4.64. The molecule has 2 aliphatic carbocycles. The van der Waals surface area contributed by atoms with Crippen molar-refractivity contribution >= 4 is 5.91 Å². The molecule has 3 fully saturated rings. The van der Waals surface area contributed by atoms with Gasteiger partial charge in [-0.05, 0) is 89.6 Å². The minimum absolute atomic E-state index is 0.0443. The Morgan fingerprint density at radius 2 is 1.43 bits per heavy atom. The lowest BCUT2D eigenvalue weighted by atomic mass is 9.73. The van der Waals surface area contributed by atoms with Crippen LogP contribution in [0.4, 0.5) is 26.3 Å². The molecule has 3 unspecified atom stereocenters. The molecule has 0 aromatic heterocycles. The third-order valence-corrected chi connectivity index (χ3v) is 9.76. The Kier molecular flexibility index (Phi) is 12.5. The van der Waals surface area contributed by atoms with Crippen molar-refractivity contribution in [3.63, 3.8) is 0 Å². The van der Waals surface area contributed by atoms with Gasteiger partial charge in [0, 0.05) is 39.3 Å². The van der Waals surface area contributed by atoms with E-state index in [0.29, 0.717) is 6.04 Å². The Morgan fingerprint density at radius 3 is 1.95 bits per heavy atom. The monoisotopic (exact) mass is 585 g/mol. The van der Waals surface area contributed by atoms with Crippen molar-refractivity contribution in [1.29, 1.82) is 0 Å². The third kappa shape index (κ3) is 9.48. The van der Waals surface area contributed by atoms with Crippen LogP contribution in [0, 0.1) is 23.7 Å². The lowest BCUT2D eigenvalue weighted by Crippen LogP contribution is -2.56. The van der Waals surface area contributed by atoms with Crippen LogP contribution in [0.5, 0.6) is 0 Å². The molecule has 0 aromatic carbocycles. The van der Waals surface area contributed by atoms with Gasteiger partial charge in [-0.1, -0.05) is 19.3 Å². The maximum absolute atomic E-state index is 13.8. The number of hydrogen-bond donors (Lipinski definition) is 1. The molecule has 2 saturated carbocycles. The van der Waals surface area contributed by atoms with Crippen LogP contribution in [-0.4, -0.2) is 97.0 Å². The van der Waals surface area contributed by atoms with Gasteiger partial charge < -0.3 is 14.9 Å². The smallest absolute Gasteiger partial charge is 0.391 e. The zero-order chi connectivity index (χ0) is 29.5. The average Bonchev–Trinajstić information content (AvgIpc) is 2.91. The lowest BCUT2D eigenvalue weighted by molar-refractivity contribution is -0.229. The van der Waals surface area contributed by atoms with Crippen molar-refractivity contribution in [1.82, 2.24) is 14.7 Å². The van der Waals surface area contributed by atoms with Crippen LogP contribution in [0.15, 0.2) is 0 Å². The minimum Gasteiger partial charge on any atom is -0.396 e. The number of unbranched alkanes of at least 4 members (excludes halogenated alkanes) is 1. The average molecular weight is 586 g/mol. The van der Waals surface area contributed by atoms with Crippen LogP contribution in [0.25, 0.3) is 0 Å². The van der Waals surface area contributed by atoms with Crippen molar-refractivity contribution in [2.75, 3.05) is 46.9 Å². The highest BCUT2D eigenvalue weighted by Crippen LogP contribution is 2.48. The van der Waals surface area contributed by atoms with Crippen molar-refractivity contribution in [2.24, 2.45) is 23.7 Å². The zero-order valence-corrected chi connectivity index (χ0v) is 24.2. The molecule has 3 atom stereocenters. The fourth-order valence-corrected chi connectivity index (χ4v) is 7.29. The molecule has 1 aliphatic heterocycles. The molecule has 40 heavy (non-hydrogen) atoms. The molecular formula is C29H49F6N3O2. The summed E-state index contributed by atoms with van der Waals surface area (Å²) in [5.41, 5.74) is 0. The van der Waals surface area contributed by atoms with Gasteiger partial charge in [-0.2, -0.15) is 26.3 Å². The molecule has 0 radical (unpaired) electrons. The van der Waals surface area contributed by atoms with Gasteiger partial charge in [0.2, 0.25) is 5.91 Å². The van der Waals surface area contributed by atoms with Gasteiger partial charge in [0.1, 0.15) is 0 Å². The second-order valence-corrected chi connectivity index (χ2v) is 12.6. The highest BCUT2D eigenvalue weighted by molar-refractivity contribution is 5.82. The summed E-state index contributed by atoms with van der Waals surface area (Å²) in [4.78, 5) is 20.0. The first-order valence-corrected chi connectivity index (χ1v) is 15.2. The number of aliphatic hydroxyl groups is 1. The van der Waals surface area contributed by atoms with E-state index >= 15 is 0 Å². The molecule has 0 bridgehead atoms. The van der Waals surface area contributed by atoms with E-state index in [1.807, 2.05) is 0 Å². The van der Waals surface area contributed by atoms with E-state index in [-0.39, 0.29) is 50.3 Å². The van der Waals surface area contributed by atoms with Crippen LogP contribution in [-0.2, 0) is 4.79 Å². The van der Waals surface area contributed by atoms with E-state index in [1.54, 1.807) is 11.9 Å². The summed E-state index contributed by atoms with van der Waals surface area (Å²) in [6.07, 6.45) is -1.81. The number of aliphatic hydroxyl groups excluding tert-OH is 1. The summed E-state index contributed by atoms with van der Waals surface area (Å²) in [5, 5.41) is 9.05. The topological polar surface area (TPSA) is 47.0 Å². The van der Waals surface area contributed by atoms with Crippen LogP contribution in [0.3, 0.4) is 0 Å². The number of halogens is 6. The molecule has 1 saturated heterocycles. The van der Waals surface area contributed by atoms with E-state index in [0.717, 1.165) is 77.4 Å². The van der Waals surface area contributed by atoms with E-state index in [2.05, 4.69) is 16.8 Å². The molecule has 0 spiro atoms. The summed E-state index contributed by atoms with van der Waals surface area (Å²) in [6.45, 7) is 2.87. The summed E-state index contributed by atoms with van der Waals surface area (Å²) >= 11 is 0. The number of likely N-dealkylation sites (tertiary alicyclic amines) is 1. The van der Waals surface area contributed by atoms with E-state index in [1.165, 1.54) is 0 Å². The molecule has 3 rings (SSSR count). The highest BCUT2D eigenvalue weighted by atomic mass is 19.4. The van der Waals surface area contributed by atoms with Gasteiger partial charge in [-0.15, -0.1) is 0 Å². The Labute approximate surface area is 235 Å². The lowest BCUT2D eigenvalue weighted by Gasteiger charge is -2.44. The van der Waals surface area contributed by atoms with Crippen molar-refractivity contribution < 1.29 is 36.2 Å². The number of nitrogens with zero attached hydrogens (tertiary/aromatic N) is 3. The van der Waals surface area contributed by atoms with Gasteiger partial charge in [0.15, 0.2) is 0 Å². The zero-order valence-electron chi connectivity index (χ0n) is 24.2. The first-order valence-electron chi connectivity index (χ1n) is 15.2. The van der Waals surface area contributed by atoms with Gasteiger partial charge in [-0.25, -0.2) is 0 Å². The molecule has 1 amide bonds. The predicted molar refractivity (Wildman–Crippen MR) is 143 cm³/mol. The fraction of sp³-hybridized carbons (Fsp3) is 0.966. The first kappa shape index (κ1) is 33.4. The fourth-order valence-electron chi connectivity index (χ4n) is 7.29. The molecule has 11 heteroatoms. The van der Waals surface area contributed by atoms with E-state index in [9.17, 15) is 31.1 Å². The Balaban J connectivity index is 1.62. The molecule has 234 valence electrons. The van der Waals surface area contributed by atoms with Gasteiger partial charge in [0.05, 0.1) is 17.9 Å². The van der Waals surface area contributed by atoms with Gasteiger partial charge >= 0.3 is 12.4 Å². The van der Waals surface area contributed by atoms with Crippen LogP contribution >= 0.6 is 0 Å². The second kappa shape index (κ2) is 14.9. The van der Waals surface area contributed by atoms with Crippen LogP contribution in [0.2, 0.25) is 0 Å². The largest absolute Gasteiger partial charge is 0.396 e. The normalized spacial score (nSPS) is 27.2. The van der Waals surface area contributed by atoms with Crippen LogP contribution in [0.1, 0.15) is 83.5 Å². The predicted octanol–water partition coefficient (Wildman–Crippen LogP) is 6.11.